The molecule has 0 radical (unpaired) electrons. The highest BCUT2D eigenvalue weighted by molar-refractivity contribution is 6.02. The number of hydrogen-bond acceptors (Lipinski definition) is 5. The molecule has 1 aliphatic rings. The van der Waals surface area contributed by atoms with Gasteiger partial charge >= 0.3 is 0 Å². The predicted molar refractivity (Wildman–Crippen MR) is 115 cm³/mol. The molecule has 0 atom stereocenters. The molecule has 158 valence electrons. The van der Waals surface area contributed by atoms with Crippen LogP contribution in [0.2, 0.25) is 0 Å². The van der Waals surface area contributed by atoms with Crippen molar-refractivity contribution in [3.8, 4) is 0 Å². The highest BCUT2D eigenvalue weighted by atomic mass is 35.5. The number of piperidine rings is 1. The monoisotopic (exact) mass is 429 g/mol. The summed E-state index contributed by atoms with van der Waals surface area (Å²) >= 11 is 0. The number of anilines is 1. The Kier molecular flexibility index (Phi) is 6.91. The standard InChI is InChI=1S/C21H23N5O3.ClH/c27-19(18-3-1-14-29-18)25-17-6-4-16(5-7-17)15-23-20(28)21(8-11-22-12-9-21)26-13-2-10-24-26;/h1-7,10,13-14,22H,8-9,11-12,15H2,(H,23,28)(H,25,27);1H. The third-order valence-corrected chi connectivity index (χ3v) is 5.21. The van der Waals surface area contributed by atoms with E-state index in [2.05, 4.69) is 21.0 Å². The number of halogens is 1. The molecule has 8 nitrogen and oxygen atoms in total. The number of amides is 2. The van der Waals surface area contributed by atoms with E-state index < -0.39 is 5.54 Å². The Morgan fingerprint density at radius 1 is 1.13 bits per heavy atom. The number of rotatable bonds is 6. The lowest BCUT2D eigenvalue weighted by Crippen LogP contribution is -2.54. The molecule has 2 aromatic heterocycles. The lowest BCUT2D eigenvalue weighted by molar-refractivity contribution is -0.132. The first-order valence-corrected chi connectivity index (χ1v) is 9.60. The maximum Gasteiger partial charge on any atom is 0.291 e. The number of furan rings is 1. The average molecular weight is 430 g/mol. The van der Waals surface area contributed by atoms with Crippen LogP contribution < -0.4 is 16.0 Å². The minimum absolute atomic E-state index is 0. The van der Waals surface area contributed by atoms with E-state index in [1.54, 1.807) is 35.1 Å². The Labute approximate surface area is 180 Å². The molecular formula is C21H24ClN5O3. The van der Waals surface area contributed by atoms with Crippen LogP contribution in [-0.2, 0) is 16.9 Å². The van der Waals surface area contributed by atoms with Gasteiger partial charge in [-0.3, -0.25) is 14.3 Å². The molecule has 30 heavy (non-hydrogen) atoms. The molecule has 0 spiro atoms. The summed E-state index contributed by atoms with van der Waals surface area (Å²) in [5.74, 6) is -0.0757. The molecule has 1 aliphatic heterocycles. The highest BCUT2D eigenvalue weighted by Crippen LogP contribution is 2.27. The third kappa shape index (κ3) is 4.55. The highest BCUT2D eigenvalue weighted by Gasteiger charge is 2.41. The van der Waals surface area contributed by atoms with Crippen LogP contribution >= 0.6 is 12.4 Å². The lowest BCUT2D eigenvalue weighted by atomic mass is 9.87. The second-order valence-corrected chi connectivity index (χ2v) is 7.04. The molecule has 4 rings (SSSR count). The van der Waals surface area contributed by atoms with Gasteiger partial charge in [0.25, 0.3) is 5.91 Å². The van der Waals surface area contributed by atoms with Crippen molar-refractivity contribution < 1.29 is 14.0 Å². The number of aromatic nitrogens is 2. The fourth-order valence-electron chi connectivity index (χ4n) is 3.58. The van der Waals surface area contributed by atoms with Gasteiger partial charge in [0.2, 0.25) is 5.91 Å². The van der Waals surface area contributed by atoms with Gasteiger partial charge in [-0.05, 0) is 61.8 Å². The molecule has 3 aromatic rings. The van der Waals surface area contributed by atoms with E-state index in [9.17, 15) is 9.59 Å². The summed E-state index contributed by atoms with van der Waals surface area (Å²) in [6.45, 7) is 1.95. The van der Waals surface area contributed by atoms with Crippen molar-refractivity contribution in [2.45, 2.75) is 24.9 Å². The Balaban J connectivity index is 0.00000256. The summed E-state index contributed by atoms with van der Waals surface area (Å²) < 4.78 is 6.86. The van der Waals surface area contributed by atoms with Crippen LogP contribution in [0.4, 0.5) is 5.69 Å². The van der Waals surface area contributed by atoms with Gasteiger partial charge in [0.05, 0.1) is 6.26 Å². The molecule has 9 heteroatoms. The molecule has 3 heterocycles. The second kappa shape index (κ2) is 9.60. The number of benzene rings is 1. The zero-order chi connectivity index (χ0) is 20.1. The Morgan fingerprint density at radius 3 is 2.53 bits per heavy atom. The Morgan fingerprint density at radius 2 is 1.90 bits per heavy atom. The zero-order valence-corrected chi connectivity index (χ0v) is 17.2. The van der Waals surface area contributed by atoms with Crippen molar-refractivity contribution in [2.75, 3.05) is 18.4 Å². The summed E-state index contributed by atoms with van der Waals surface area (Å²) in [6.07, 6.45) is 6.39. The van der Waals surface area contributed by atoms with Crippen LogP contribution in [-0.4, -0.2) is 34.7 Å². The van der Waals surface area contributed by atoms with E-state index in [1.807, 2.05) is 24.4 Å². The van der Waals surface area contributed by atoms with Crippen molar-refractivity contribution in [1.82, 2.24) is 20.4 Å². The van der Waals surface area contributed by atoms with E-state index >= 15 is 0 Å². The summed E-state index contributed by atoms with van der Waals surface area (Å²) in [6, 6.07) is 12.5. The van der Waals surface area contributed by atoms with Crippen molar-refractivity contribution in [2.24, 2.45) is 0 Å². The minimum atomic E-state index is -0.661. The Hall–Kier alpha value is -3.10. The van der Waals surface area contributed by atoms with Crippen molar-refractivity contribution in [3.63, 3.8) is 0 Å². The van der Waals surface area contributed by atoms with Gasteiger partial charge in [0.15, 0.2) is 5.76 Å². The summed E-state index contributed by atoms with van der Waals surface area (Å²) in [5.41, 5.74) is 0.942. The summed E-state index contributed by atoms with van der Waals surface area (Å²) in [5, 5.41) is 13.5. The molecular weight excluding hydrogens is 406 g/mol. The quantitative estimate of drug-likeness (QED) is 0.559. The minimum Gasteiger partial charge on any atom is -0.459 e. The fraction of sp³-hybridized carbons (Fsp3) is 0.286. The van der Waals surface area contributed by atoms with Crippen LogP contribution in [0.15, 0.2) is 65.5 Å². The fourth-order valence-corrected chi connectivity index (χ4v) is 3.58. The van der Waals surface area contributed by atoms with Gasteiger partial charge in [-0.15, -0.1) is 12.4 Å². The van der Waals surface area contributed by atoms with Crippen LogP contribution in [0.25, 0.3) is 0 Å². The molecule has 0 aliphatic carbocycles. The van der Waals surface area contributed by atoms with Crippen molar-refractivity contribution in [1.29, 1.82) is 0 Å². The van der Waals surface area contributed by atoms with E-state index in [1.165, 1.54) is 6.26 Å². The summed E-state index contributed by atoms with van der Waals surface area (Å²) in [7, 11) is 0. The largest absolute Gasteiger partial charge is 0.459 e. The maximum atomic E-state index is 13.1. The van der Waals surface area contributed by atoms with Crippen LogP contribution in [0, 0.1) is 0 Å². The van der Waals surface area contributed by atoms with Gasteiger partial charge in [-0.25, -0.2) is 0 Å². The zero-order valence-electron chi connectivity index (χ0n) is 16.3. The van der Waals surface area contributed by atoms with Crippen LogP contribution in [0.3, 0.4) is 0 Å². The molecule has 1 saturated heterocycles. The maximum absolute atomic E-state index is 13.1. The van der Waals surface area contributed by atoms with Gasteiger partial charge < -0.3 is 20.4 Å². The molecule has 3 N–H and O–H groups in total. The number of nitrogens with one attached hydrogen (secondary N) is 3. The Bertz CT molecular complexity index is 949. The summed E-state index contributed by atoms with van der Waals surface area (Å²) in [4.78, 5) is 25.1. The SMILES string of the molecule is Cl.O=C(Nc1ccc(CNC(=O)C2(n3cccn3)CCNCC2)cc1)c1ccco1. The van der Waals surface area contributed by atoms with Gasteiger partial charge in [0, 0.05) is 24.6 Å². The van der Waals surface area contributed by atoms with Crippen LogP contribution in [0.5, 0.6) is 0 Å². The molecule has 0 saturated carbocycles. The number of nitrogens with zero attached hydrogens (tertiary/aromatic N) is 2. The molecule has 1 aromatic carbocycles. The van der Waals surface area contributed by atoms with Gasteiger partial charge in [0.1, 0.15) is 5.54 Å². The number of carbonyl (C=O) groups is 2. The normalized spacial score (nSPS) is 15.1. The van der Waals surface area contributed by atoms with E-state index in [0.717, 1.165) is 18.7 Å². The number of hydrogen-bond donors (Lipinski definition) is 3. The van der Waals surface area contributed by atoms with E-state index in [0.29, 0.717) is 25.1 Å². The first kappa shape index (κ1) is 21.6. The molecule has 0 unspecified atom stereocenters. The lowest BCUT2D eigenvalue weighted by Gasteiger charge is -2.36. The van der Waals surface area contributed by atoms with E-state index in [4.69, 9.17) is 4.42 Å². The van der Waals surface area contributed by atoms with Crippen molar-refractivity contribution in [3.05, 3.63) is 72.4 Å². The molecule has 0 bridgehead atoms. The molecule has 2 amide bonds. The van der Waals surface area contributed by atoms with Gasteiger partial charge in [-0.1, -0.05) is 12.1 Å². The van der Waals surface area contributed by atoms with Crippen molar-refractivity contribution >= 4 is 29.9 Å². The topological polar surface area (TPSA) is 101 Å². The first-order chi connectivity index (χ1) is 14.2. The van der Waals surface area contributed by atoms with Gasteiger partial charge in [-0.2, -0.15) is 5.10 Å². The predicted octanol–water partition coefficient (Wildman–Crippen LogP) is 2.55. The smallest absolute Gasteiger partial charge is 0.291 e. The molecule has 1 fully saturated rings. The van der Waals surface area contributed by atoms with Crippen LogP contribution in [0.1, 0.15) is 29.0 Å². The average Bonchev–Trinajstić information content (AvgIpc) is 3.48. The third-order valence-electron chi connectivity index (χ3n) is 5.21. The first-order valence-electron chi connectivity index (χ1n) is 9.60. The second-order valence-electron chi connectivity index (χ2n) is 7.04. The van der Waals surface area contributed by atoms with E-state index in [-0.39, 0.29) is 30.0 Å². The number of carbonyl (C=O) groups excluding carboxylic acids is 2.